The van der Waals surface area contributed by atoms with Crippen LogP contribution in [0.2, 0.25) is 0 Å². The summed E-state index contributed by atoms with van der Waals surface area (Å²) in [6.45, 7) is 6.22. The fourth-order valence-corrected chi connectivity index (χ4v) is 5.17. The normalized spacial score (nSPS) is 18.3. The molecule has 8 heteroatoms. The van der Waals surface area contributed by atoms with Crippen molar-refractivity contribution in [2.75, 3.05) is 25.9 Å². The topological polar surface area (TPSA) is 91.8 Å². The lowest BCUT2D eigenvalue weighted by Gasteiger charge is -2.33. The summed E-state index contributed by atoms with van der Waals surface area (Å²) in [6.07, 6.45) is 1.50. The second-order valence-electron chi connectivity index (χ2n) is 8.94. The van der Waals surface area contributed by atoms with Crippen molar-refractivity contribution in [2.45, 2.75) is 44.8 Å². The number of fused-ring (bicyclic) bond motifs is 1. The summed E-state index contributed by atoms with van der Waals surface area (Å²) in [4.78, 5) is 39.6. The Labute approximate surface area is 172 Å². The van der Waals surface area contributed by atoms with Gasteiger partial charge in [0.15, 0.2) is 9.84 Å². The second kappa shape index (κ2) is 7.55. The standard InChI is InChI=1S/C21H28N2O5S/c1-21(2,3)29(27,28)13-14-7-9-23(10-8-14)18(24)12-15-5-6-16-17(11-15)20(26)22(4)19(16)25/h5-6,11,14H,7-10,12-13H2,1-4H3. The van der Waals surface area contributed by atoms with Crippen molar-refractivity contribution >= 4 is 27.6 Å². The van der Waals surface area contributed by atoms with Crippen LogP contribution in [0.4, 0.5) is 0 Å². The number of nitrogens with zero attached hydrogens (tertiary/aromatic N) is 2. The van der Waals surface area contributed by atoms with Crippen molar-refractivity contribution in [1.82, 2.24) is 9.80 Å². The average molecular weight is 421 g/mol. The van der Waals surface area contributed by atoms with Gasteiger partial charge >= 0.3 is 0 Å². The van der Waals surface area contributed by atoms with E-state index < -0.39 is 14.6 Å². The van der Waals surface area contributed by atoms with Crippen LogP contribution in [0.1, 0.15) is 59.9 Å². The lowest BCUT2D eigenvalue weighted by atomic mass is 9.98. The molecule has 158 valence electrons. The molecule has 0 atom stereocenters. The van der Waals surface area contributed by atoms with Gasteiger partial charge in [-0.1, -0.05) is 6.07 Å². The number of carbonyl (C=O) groups excluding carboxylic acids is 3. The van der Waals surface area contributed by atoms with E-state index in [0.717, 1.165) is 4.90 Å². The molecule has 7 nitrogen and oxygen atoms in total. The highest BCUT2D eigenvalue weighted by Gasteiger charge is 2.35. The van der Waals surface area contributed by atoms with Gasteiger partial charge in [-0.25, -0.2) is 8.42 Å². The molecule has 0 radical (unpaired) electrons. The van der Waals surface area contributed by atoms with Crippen molar-refractivity contribution in [3.05, 3.63) is 34.9 Å². The Morgan fingerprint density at radius 1 is 1.07 bits per heavy atom. The molecular weight excluding hydrogens is 392 g/mol. The second-order valence-corrected chi connectivity index (χ2v) is 11.7. The van der Waals surface area contributed by atoms with Crippen LogP contribution >= 0.6 is 0 Å². The number of imide groups is 1. The molecule has 1 fully saturated rings. The molecule has 0 N–H and O–H groups in total. The number of hydrogen-bond acceptors (Lipinski definition) is 5. The van der Waals surface area contributed by atoms with Gasteiger partial charge in [-0.15, -0.1) is 0 Å². The van der Waals surface area contributed by atoms with Gasteiger partial charge in [-0.2, -0.15) is 0 Å². The molecule has 2 aliphatic rings. The summed E-state index contributed by atoms with van der Waals surface area (Å²) in [5, 5.41) is 0. The van der Waals surface area contributed by atoms with E-state index in [0.29, 0.717) is 42.6 Å². The molecule has 2 aliphatic heterocycles. The van der Waals surface area contributed by atoms with E-state index in [-0.39, 0.29) is 35.8 Å². The van der Waals surface area contributed by atoms with Gasteiger partial charge in [0.2, 0.25) is 5.91 Å². The van der Waals surface area contributed by atoms with Crippen LogP contribution in [0.15, 0.2) is 18.2 Å². The molecule has 0 unspecified atom stereocenters. The van der Waals surface area contributed by atoms with Crippen LogP contribution in [-0.4, -0.2) is 66.6 Å². The van der Waals surface area contributed by atoms with Gasteiger partial charge < -0.3 is 4.90 Å². The monoisotopic (exact) mass is 420 g/mol. The molecule has 2 heterocycles. The maximum atomic E-state index is 12.7. The highest BCUT2D eigenvalue weighted by Crippen LogP contribution is 2.26. The van der Waals surface area contributed by atoms with E-state index in [1.807, 2.05) is 0 Å². The van der Waals surface area contributed by atoms with Crippen molar-refractivity contribution in [3.63, 3.8) is 0 Å². The molecular formula is C21H28N2O5S. The Kier molecular flexibility index (Phi) is 5.60. The molecule has 3 amide bonds. The SMILES string of the molecule is CN1C(=O)c2ccc(CC(=O)N3CCC(CS(=O)(=O)C(C)(C)C)CC3)cc2C1=O. The van der Waals surface area contributed by atoms with Crippen LogP contribution in [0.25, 0.3) is 0 Å². The summed E-state index contributed by atoms with van der Waals surface area (Å²) in [5.41, 5.74) is 1.41. The molecule has 0 aromatic heterocycles. The zero-order valence-corrected chi connectivity index (χ0v) is 18.2. The third-order valence-electron chi connectivity index (χ3n) is 5.86. The molecule has 1 aromatic rings. The van der Waals surface area contributed by atoms with Gasteiger partial charge in [-0.3, -0.25) is 19.3 Å². The van der Waals surface area contributed by atoms with Crippen molar-refractivity contribution in [2.24, 2.45) is 5.92 Å². The largest absolute Gasteiger partial charge is 0.342 e. The first-order valence-electron chi connectivity index (χ1n) is 9.86. The summed E-state index contributed by atoms with van der Waals surface area (Å²) < 4.78 is 24.1. The number of piperidine rings is 1. The van der Waals surface area contributed by atoms with Gasteiger partial charge in [0.25, 0.3) is 11.8 Å². The predicted molar refractivity (Wildman–Crippen MR) is 109 cm³/mol. The van der Waals surface area contributed by atoms with E-state index in [9.17, 15) is 22.8 Å². The van der Waals surface area contributed by atoms with Crippen LogP contribution in [0.3, 0.4) is 0 Å². The average Bonchev–Trinajstić information content (AvgIpc) is 2.85. The molecule has 3 rings (SSSR count). The molecule has 1 aromatic carbocycles. The molecule has 1 saturated heterocycles. The van der Waals surface area contributed by atoms with E-state index in [4.69, 9.17) is 0 Å². The quantitative estimate of drug-likeness (QED) is 0.694. The zero-order valence-electron chi connectivity index (χ0n) is 17.4. The summed E-state index contributed by atoms with van der Waals surface area (Å²) in [5.74, 6) is -0.488. The lowest BCUT2D eigenvalue weighted by molar-refractivity contribution is -0.131. The highest BCUT2D eigenvalue weighted by molar-refractivity contribution is 7.92. The smallest absolute Gasteiger partial charge is 0.261 e. The van der Waals surface area contributed by atoms with E-state index in [1.165, 1.54) is 7.05 Å². The lowest BCUT2D eigenvalue weighted by Crippen LogP contribution is -2.42. The van der Waals surface area contributed by atoms with Crippen molar-refractivity contribution in [3.8, 4) is 0 Å². The maximum absolute atomic E-state index is 12.7. The minimum absolute atomic E-state index is 0.0489. The number of benzene rings is 1. The molecule has 29 heavy (non-hydrogen) atoms. The zero-order chi connectivity index (χ0) is 21.6. The fourth-order valence-electron chi connectivity index (χ4n) is 3.71. The third-order valence-corrected chi connectivity index (χ3v) is 8.64. The molecule has 0 saturated carbocycles. The number of amides is 3. The molecule has 0 spiro atoms. The van der Waals surface area contributed by atoms with Crippen LogP contribution in [0.5, 0.6) is 0 Å². The third kappa shape index (κ3) is 4.22. The highest BCUT2D eigenvalue weighted by atomic mass is 32.2. The minimum atomic E-state index is -3.17. The minimum Gasteiger partial charge on any atom is -0.342 e. The molecule has 0 bridgehead atoms. The van der Waals surface area contributed by atoms with E-state index in [2.05, 4.69) is 0 Å². The first-order valence-corrected chi connectivity index (χ1v) is 11.5. The van der Waals surface area contributed by atoms with Crippen LogP contribution < -0.4 is 0 Å². The Hall–Kier alpha value is -2.22. The van der Waals surface area contributed by atoms with Gasteiger partial charge in [0, 0.05) is 20.1 Å². The van der Waals surface area contributed by atoms with Crippen molar-refractivity contribution in [1.29, 1.82) is 0 Å². The summed E-state index contributed by atoms with van der Waals surface area (Å²) in [7, 11) is -1.73. The Bertz CT molecular complexity index is 954. The Morgan fingerprint density at radius 2 is 1.66 bits per heavy atom. The Morgan fingerprint density at radius 3 is 2.24 bits per heavy atom. The first-order chi connectivity index (χ1) is 13.4. The number of rotatable bonds is 4. The van der Waals surface area contributed by atoms with E-state index in [1.54, 1.807) is 43.9 Å². The van der Waals surface area contributed by atoms with Crippen molar-refractivity contribution < 1.29 is 22.8 Å². The van der Waals surface area contributed by atoms with E-state index >= 15 is 0 Å². The maximum Gasteiger partial charge on any atom is 0.261 e. The summed E-state index contributed by atoms with van der Waals surface area (Å²) >= 11 is 0. The number of carbonyl (C=O) groups is 3. The number of likely N-dealkylation sites (tertiary alicyclic amines) is 1. The first kappa shape index (κ1) is 21.5. The fraction of sp³-hybridized carbons (Fsp3) is 0.571. The molecule has 0 aliphatic carbocycles. The number of hydrogen-bond donors (Lipinski definition) is 0. The van der Waals surface area contributed by atoms with Gasteiger partial charge in [0.1, 0.15) is 0 Å². The number of sulfone groups is 1. The Balaban J connectivity index is 1.59. The van der Waals surface area contributed by atoms with Gasteiger partial charge in [0.05, 0.1) is 28.0 Å². The predicted octanol–water partition coefficient (Wildman–Crippen LogP) is 1.91. The van der Waals surface area contributed by atoms with Gasteiger partial charge in [-0.05, 0) is 57.2 Å². The van der Waals surface area contributed by atoms with Crippen LogP contribution in [0, 0.1) is 5.92 Å². The summed E-state index contributed by atoms with van der Waals surface area (Å²) in [6, 6.07) is 4.94. The van der Waals surface area contributed by atoms with Crippen LogP contribution in [-0.2, 0) is 21.1 Å².